The number of phenolic OH excluding ortho intramolecular Hbond substituents is 1. The van der Waals surface area contributed by atoms with Crippen molar-refractivity contribution in [1.82, 2.24) is 9.91 Å². The van der Waals surface area contributed by atoms with Crippen molar-refractivity contribution >= 4 is 6.21 Å². The third kappa shape index (κ3) is 3.01. The minimum Gasteiger partial charge on any atom is -0.507 e. The molecule has 0 aromatic heterocycles. The molecule has 0 amide bonds. The Kier molecular flexibility index (Phi) is 3.87. The fraction of sp³-hybridized carbons (Fsp3) is 0.500. The molecule has 2 rings (SSSR count). The van der Waals surface area contributed by atoms with E-state index in [1.165, 1.54) is 0 Å². The molecular weight excluding hydrogens is 226 g/mol. The maximum atomic E-state index is 9.72. The SMILES string of the molecule is Cc1cc(/C=N\N2CCN(C)CC2)cc(C)c1O. The van der Waals surface area contributed by atoms with Crippen LogP contribution in [0.1, 0.15) is 16.7 Å². The van der Waals surface area contributed by atoms with E-state index < -0.39 is 0 Å². The average molecular weight is 247 g/mol. The van der Waals surface area contributed by atoms with Crippen molar-refractivity contribution in [2.75, 3.05) is 33.2 Å². The first-order valence-electron chi connectivity index (χ1n) is 6.34. The van der Waals surface area contributed by atoms with Crippen LogP contribution in [0.5, 0.6) is 5.75 Å². The second-order valence-corrected chi connectivity index (χ2v) is 5.00. The van der Waals surface area contributed by atoms with Gasteiger partial charge in [-0.15, -0.1) is 0 Å². The fourth-order valence-electron chi connectivity index (χ4n) is 2.12. The molecule has 1 aromatic rings. The van der Waals surface area contributed by atoms with Gasteiger partial charge in [0.05, 0.1) is 6.21 Å². The Bertz CT molecular complexity index is 425. The van der Waals surface area contributed by atoms with Crippen LogP contribution in [0.2, 0.25) is 0 Å². The van der Waals surface area contributed by atoms with Gasteiger partial charge < -0.3 is 10.0 Å². The van der Waals surface area contributed by atoms with Gasteiger partial charge in [-0.1, -0.05) is 0 Å². The minimum atomic E-state index is 0.381. The van der Waals surface area contributed by atoms with Gasteiger partial charge in [0, 0.05) is 26.2 Å². The van der Waals surface area contributed by atoms with Crippen molar-refractivity contribution < 1.29 is 5.11 Å². The molecule has 1 aliphatic heterocycles. The summed E-state index contributed by atoms with van der Waals surface area (Å²) in [6.07, 6.45) is 1.88. The van der Waals surface area contributed by atoms with Crippen LogP contribution in [0.3, 0.4) is 0 Å². The molecule has 0 saturated carbocycles. The van der Waals surface area contributed by atoms with Gasteiger partial charge in [-0.2, -0.15) is 5.10 Å². The lowest BCUT2D eigenvalue weighted by atomic mass is 10.1. The summed E-state index contributed by atoms with van der Waals surface area (Å²) >= 11 is 0. The lowest BCUT2D eigenvalue weighted by molar-refractivity contribution is 0.159. The van der Waals surface area contributed by atoms with Gasteiger partial charge in [-0.3, -0.25) is 5.01 Å². The average Bonchev–Trinajstić information content (AvgIpc) is 2.35. The topological polar surface area (TPSA) is 39.1 Å². The number of rotatable bonds is 2. The zero-order valence-electron chi connectivity index (χ0n) is 11.3. The van der Waals surface area contributed by atoms with E-state index in [0.717, 1.165) is 42.9 Å². The summed E-state index contributed by atoms with van der Waals surface area (Å²) in [7, 11) is 2.13. The van der Waals surface area contributed by atoms with Gasteiger partial charge in [-0.05, 0) is 49.7 Å². The van der Waals surface area contributed by atoms with Crippen LogP contribution < -0.4 is 0 Å². The fourth-order valence-corrected chi connectivity index (χ4v) is 2.12. The molecule has 1 aromatic carbocycles. The van der Waals surface area contributed by atoms with Gasteiger partial charge in [-0.25, -0.2) is 0 Å². The molecular formula is C14H21N3O. The van der Waals surface area contributed by atoms with Gasteiger partial charge >= 0.3 is 0 Å². The first kappa shape index (κ1) is 12.9. The third-order valence-corrected chi connectivity index (χ3v) is 3.36. The molecule has 4 nitrogen and oxygen atoms in total. The maximum Gasteiger partial charge on any atom is 0.121 e. The summed E-state index contributed by atoms with van der Waals surface area (Å²) in [6, 6.07) is 3.92. The molecule has 0 bridgehead atoms. The number of aryl methyl sites for hydroxylation is 2. The van der Waals surface area contributed by atoms with E-state index in [9.17, 15) is 5.11 Å². The zero-order chi connectivity index (χ0) is 13.1. The number of hydrogen-bond acceptors (Lipinski definition) is 4. The van der Waals surface area contributed by atoms with Crippen LogP contribution in [0.25, 0.3) is 0 Å². The monoisotopic (exact) mass is 247 g/mol. The lowest BCUT2D eigenvalue weighted by Crippen LogP contribution is -2.41. The van der Waals surface area contributed by atoms with E-state index in [4.69, 9.17) is 0 Å². The Morgan fingerprint density at radius 1 is 1.11 bits per heavy atom. The summed E-state index contributed by atoms with van der Waals surface area (Å²) in [4.78, 5) is 2.31. The van der Waals surface area contributed by atoms with E-state index >= 15 is 0 Å². The second kappa shape index (κ2) is 5.40. The van der Waals surface area contributed by atoms with Crippen LogP contribution in [0, 0.1) is 13.8 Å². The van der Waals surface area contributed by atoms with Crippen molar-refractivity contribution in [2.45, 2.75) is 13.8 Å². The van der Waals surface area contributed by atoms with Crippen molar-refractivity contribution in [1.29, 1.82) is 0 Å². The Hall–Kier alpha value is -1.55. The van der Waals surface area contributed by atoms with E-state index in [1.807, 2.05) is 32.2 Å². The summed E-state index contributed by atoms with van der Waals surface area (Å²) < 4.78 is 0. The predicted octanol–water partition coefficient (Wildman–Crippen LogP) is 1.59. The standard InChI is InChI=1S/C14H21N3O/c1-11-8-13(9-12(2)14(11)18)10-15-17-6-4-16(3)5-7-17/h8-10,18H,4-7H2,1-3H3/b15-10-. The molecule has 1 fully saturated rings. The number of piperazine rings is 1. The quantitative estimate of drug-likeness (QED) is 0.807. The van der Waals surface area contributed by atoms with E-state index in [1.54, 1.807) is 0 Å². The third-order valence-electron chi connectivity index (χ3n) is 3.36. The van der Waals surface area contributed by atoms with Crippen molar-refractivity contribution in [3.8, 4) is 5.75 Å². The maximum absolute atomic E-state index is 9.72. The number of aromatic hydroxyl groups is 1. The molecule has 1 heterocycles. The van der Waals surface area contributed by atoms with Gasteiger partial charge in [0.1, 0.15) is 5.75 Å². The molecule has 1 aliphatic rings. The first-order valence-corrected chi connectivity index (χ1v) is 6.34. The Morgan fingerprint density at radius 2 is 1.67 bits per heavy atom. The van der Waals surface area contributed by atoms with Crippen LogP contribution in [-0.4, -0.2) is 54.5 Å². The Balaban J connectivity index is 2.05. The molecule has 98 valence electrons. The number of phenols is 1. The van der Waals surface area contributed by atoms with Crippen LogP contribution in [0.4, 0.5) is 0 Å². The molecule has 0 radical (unpaired) electrons. The number of nitrogens with zero attached hydrogens (tertiary/aromatic N) is 3. The van der Waals surface area contributed by atoms with E-state index in [-0.39, 0.29) is 0 Å². The van der Waals surface area contributed by atoms with Crippen molar-refractivity contribution in [2.24, 2.45) is 5.10 Å². The highest BCUT2D eigenvalue weighted by atomic mass is 16.3. The van der Waals surface area contributed by atoms with E-state index in [0.29, 0.717) is 5.75 Å². The molecule has 1 saturated heterocycles. The zero-order valence-corrected chi connectivity index (χ0v) is 11.3. The minimum absolute atomic E-state index is 0.381. The van der Waals surface area contributed by atoms with E-state index in [2.05, 4.69) is 22.1 Å². The molecule has 1 N–H and O–H groups in total. The number of likely N-dealkylation sites (N-methyl/N-ethyl adjacent to an activating group) is 1. The highest BCUT2D eigenvalue weighted by molar-refractivity contribution is 5.80. The molecule has 0 aliphatic carbocycles. The highest BCUT2D eigenvalue weighted by Crippen LogP contribution is 2.22. The van der Waals surface area contributed by atoms with Crippen molar-refractivity contribution in [3.05, 3.63) is 28.8 Å². The van der Waals surface area contributed by atoms with Gasteiger partial charge in [0.2, 0.25) is 0 Å². The van der Waals surface area contributed by atoms with Crippen molar-refractivity contribution in [3.63, 3.8) is 0 Å². The smallest absolute Gasteiger partial charge is 0.121 e. The Morgan fingerprint density at radius 3 is 2.22 bits per heavy atom. The molecule has 4 heteroatoms. The summed E-state index contributed by atoms with van der Waals surface area (Å²) in [6.45, 7) is 7.90. The van der Waals surface area contributed by atoms with Gasteiger partial charge in [0.25, 0.3) is 0 Å². The summed E-state index contributed by atoms with van der Waals surface area (Å²) in [5.41, 5.74) is 2.84. The molecule has 0 spiro atoms. The highest BCUT2D eigenvalue weighted by Gasteiger charge is 2.10. The van der Waals surface area contributed by atoms with Crippen LogP contribution in [-0.2, 0) is 0 Å². The molecule has 0 atom stereocenters. The summed E-state index contributed by atoms with van der Waals surface area (Å²) in [5, 5.41) is 16.3. The predicted molar refractivity (Wildman–Crippen MR) is 74.2 cm³/mol. The second-order valence-electron chi connectivity index (χ2n) is 5.00. The largest absolute Gasteiger partial charge is 0.507 e. The van der Waals surface area contributed by atoms with Gasteiger partial charge in [0.15, 0.2) is 0 Å². The number of benzene rings is 1. The lowest BCUT2D eigenvalue weighted by Gasteiger charge is -2.30. The molecule has 18 heavy (non-hydrogen) atoms. The normalized spacial score (nSPS) is 17.6. The first-order chi connectivity index (χ1) is 8.56. The number of hydrogen-bond donors (Lipinski definition) is 1. The van der Waals surface area contributed by atoms with Crippen LogP contribution in [0.15, 0.2) is 17.2 Å². The number of hydrazone groups is 1. The summed E-state index contributed by atoms with van der Waals surface area (Å²) in [5.74, 6) is 0.381. The van der Waals surface area contributed by atoms with Crippen LogP contribution >= 0.6 is 0 Å². The Labute approximate surface area is 109 Å². The molecule has 0 unspecified atom stereocenters.